The van der Waals surface area contributed by atoms with Gasteiger partial charge in [0.15, 0.2) is 0 Å². The fourth-order valence-electron chi connectivity index (χ4n) is 1.74. The number of ether oxygens (including phenoxy) is 1. The topological polar surface area (TPSA) is 21.3 Å². The number of rotatable bonds is 7. The molecule has 0 aliphatic heterocycles. The van der Waals surface area contributed by atoms with Crippen molar-refractivity contribution in [1.82, 2.24) is 5.32 Å². The average molecular weight is 242 g/mol. The molecule has 1 atom stereocenters. The van der Waals surface area contributed by atoms with Gasteiger partial charge in [-0.1, -0.05) is 29.8 Å². The van der Waals surface area contributed by atoms with E-state index >= 15 is 0 Å². The molecular formula is C13H20ClNO. The van der Waals surface area contributed by atoms with Crippen LogP contribution in [0.2, 0.25) is 5.02 Å². The maximum absolute atomic E-state index is 6.14. The van der Waals surface area contributed by atoms with Gasteiger partial charge in [-0.15, -0.1) is 0 Å². The molecule has 16 heavy (non-hydrogen) atoms. The highest BCUT2D eigenvalue weighted by Crippen LogP contribution is 2.18. The minimum Gasteiger partial charge on any atom is -0.381 e. The van der Waals surface area contributed by atoms with Crippen LogP contribution in [-0.2, 0) is 11.2 Å². The monoisotopic (exact) mass is 241 g/mol. The van der Waals surface area contributed by atoms with Gasteiger partial charge in [0.1, 0.15) is 0 Å². The highest BCUT2D eigenvalue weighted by molar-refractivity contribution is 6.31. The standard InChI is InChI=1S/C13H20ClNO/c1-3-16-10-11(9-15-2)8-12-6-4-5-7-13(12)14/h4-7,11,15H,3,8-10H2,1-2H3. The van der Waals surface area contributed by atoms with Crippen LogP contribution in [0.15, 0.2) is 24.3 Å². The molecule has 0 aromatic heterocycles. The van der Waals surface area contributed by atoms with Gasteiger partial charge in [0.2, 0.25) is 0 Å². The van der Waals surface area contributed by atoms with Crippen LogP contribution in [0, 0.1) is 5.92 Å². The molecule has 0 amide bonds. The smallest absolute Gasteiger partial charge is 0.0509 e. The number of halogens is 1. The zero-order valence-electron chi connectivity index (χ0n) is 10.0. The summed E-state index contributed by atoms with van der Waals surface area (Å²) >= 11 is 6.14. The molecule has 0 saturated heterocycles. The van der Waals surface area contributed by atoms with Gasteiger partial charge in [-0.2, -0.15) is 0 Å². The van der Waals surface area contributed by atoms with E-state index < -0.39 is 0 Å². The number of hydrogen-bond donors (Lipinski definition) is 1. The van der Waals surface area contributed by atoms with Crippen molar-refractivity contribution in [2.45, 2.75) is 13.3 Å². The van der Waals surface area contributed by atoms with E-state index in [4.69, 9.17) is 16.3 Å². The second kappa shape index (κ2) is 7.66. The SMILES string of the molecule is CCOCC(CNC)Cc1ccccc1Cl. The third kappa shape index (κ3) is 4.52. The van der Waals surface area contributed by atoms with Crippen LogP contribution in [0.4, 0.5) is 0 Å². The molecule has 0 radical (unpaired) electrons. The maximum Gasteiger partial charge on any atom is 0.0509 e. The van der Waals surface area contributed by atoms with E-state index in [1.165, 1.54) is 5.56 Å². The quantitative estimate of drug-likeness (QED) is 0.793. The lowest BCUT2D eigenvalue weighted by Crippen LogP contribution is -2.25. The van der Waals surface area contributed by atoms with Crippen molar-refractivity contribution >= 4 is 11.6 Å². The van der Waals surface area contributed by atoms with Crippen molar-refractivity contribution in [3.8, 4) is 0 Å². The normalized spacial score (nSPS) is 12.7. The Bertz CT molecular complexity index is 304. The highest BCUT2D eigenvalue weighted by atomic mass is 35.5. The molecule has 3 heteroatoms. The van der Waals surface area contributed by atoms with Crippen molar-refractivity contribution in [3.05, 3.63) is 34.9 Å². The first-order valence-corrected chi connectivity index (χ1v) is 6.11. The van der Waals surface area contributed by atoms with Gasteiger partial charge in [-0.05, 0) is 37.9 Å². The van der Waals surface area contributed by atoms with E-state index in [9.17, 15) is 0 Å². The van der Waals surface area contributed by atoms with Gasteiger partial charge in [0.05, 0.1) is 6.61 Å². The minimum absolute atomic E-state index is 0.477. The Morgan fingerprint density at radius 3 is 2.75 bits per heavy atom. The van der Waals surface area contributed by atoms with Crippen molar-refractivity contribution < 1.29 is 4.74 Å². The highest BCUT2D eigenvalue weighted by Gasteiger charge is 2.10. The molecule has 0 heterocycles. The van der Waals surface area contributed by atoms with Crippen LogP contribution in [0.25, 0.3) is 0 Å². The molecular weight excluding hydrogens is 222 g/mol. The molecule has 2 nitrogen and oxygen atoms in total. The third-order valence-electron chi connectivity index (χ3n) is 2.52. The summed E-state index contributed by atoms with van der Waals surface area (Å²) in [6, 6.07) is 8.00. The van der Waals surface area contributed by atoms with Gasteiger partial charge >= 0.3 is 0 Å². The molecule has 0 aliphatic rings. The average Bonchev–Trinajstić information content (AvgIpc) is 2.29. The summed E-state index contributed by atoms with van der Waals surface area (Å²) in [5.41, 5.74) is 1.20. The first kappa shape index (κ1) is 13.5. The summed E-state index contributed by atoms with van der Waals surface area (Å²) < 4.78 is 5.48. The van der Waals surface area contributed by atoms with E-state index in [-0.39, 0.29) is 0 Å². The largest absolute Gasteiger partial charge is 0.381 e. The lowest BCUT2D eigenvalue weighted by atomic mass is 10.00. The van der Waals surface area contributed by atoms with Crippen LogP contribution in [0.5, 0.6) is 0 Å². The minimum atomic E-state index is 0.477. The summed E-state index contributed by atoms with van der Waals surface area (Å²) in [6.07, 6.45) is 0.959. The first-order chi connectivity index (χ1) is 7.77. The molecule has 0 aliphatic carbocycles. The summed E-state index contributed by atoms with van der Waals surface area (Å²) in [5, 5.41) is 4.04. The van der Waals surface area contributed by atoms with Crippen LogP contribution in [0.1, 0.15) is 12.5 Å². The summed E-state index contributed by atoms with van der Waals surface area (Å²) in [5.74, 6) is 0.477. The number of hydrogen-bond acceptors (Lipinski definition) is 2. The molecule has 1 unspecified atom stereocenters. The fourth-order valence-corrected chi connectivity index (χ4v) is 1.95. The Morgan fingerprint density at radius 1 is 1.38 bits per heavy atom. The predicted octanol–water partition coefficient (Wildman–Crippen LogP) is 2.75. The molecule has 90 valence electrons. The third-order valence-corrected chi connectivity index (χ3v) is 2.89. The van der Waals surface area contributed by atoms with Crippen LogP contribution < -0.4 is 5.32 Å². The van der Waals surface area contributed by atoms with Crippen molar-refractivity contribution in [2.24, 2.45) is 5.92 Å². The van der Waals surface area contributed by atoms with E-state index in [0.29, 0.717) is 5.92 Å². The second-order valence-corrected chi connectivity index (χ2v) is 4.29. The summed E-state index contributed by atoms with van der Waals surface area (Å²) in [4.78, 5) is 0. The Balaban J connectivity index is 2.56. The molecule has 1 N–H and O–H groups in total. The lowest BCUT2D eigenvalue weighted by molar-refractivity contribution is 0.110. The fraction of sp³-hybridized carbons (Fsp3) is 0.538. The summed E-state index contributed by atoms with van der Waals surface area (Å²) in [6.45, 7) is 4.52. The second-order valence-electron chi connectivity index (χ2n) is 3.88. The van der Waals surface area contributed by atoms with Crippen LogP contribution >= 0.6 is 11.6 Å². The number of nitrogens with one attached hydrogen (secondary N) is 1. The van der Waals surface area contributed by atoms with E-state index in [0.717, 1.165) is 31.2 Å². The zero-order chi connectivity index (χ0) is 11.8. The van der Waals surface area contributed by atoms with Crippen LogP contribution in [0.3, 0.4) is 0 Å². The first-order valence-electron chi connectivity index (χ1n) is 5.73. The van der Waals surface area contributed by atoms with Gasteiger partial charge < -0.3 is 10.1 Å². The van der Waals surface area contributed by atoms with Gasteiger partial charge in [0, 0.05) is 18.2 Å². The van der Waals surface area contributed by atoms with E-state index in [1.807, 2.05) is 32.2 Å². The molecule has 0 spiro atoms. The Kier molecular flexibility index (Phi) is 6.46. The van der Waals surface area contributed by atoms with Crippen LogP contribution in [-0.4, -0.2) is 26.8 Å². The van der Waals surface area contributed by atoms with E-state index in [2.05, 4.69) is 11.4 Å². The lowest BCUT2D eigenvalue weighted by Gasteiger charge is -2.17. The maximum atomic E-state index is 6.14. The zero-order valence-corrected chi connectivity index (χ0v) is 10.8. The molecule has 0 saturated carbocycles. The predicted molar refractivity (Wildman–Crippen MR) is 69.1 cm³/mol. The Morgan fingerprint density at radius 2 is 2.12 bits per heavy atom. The number of benzene rings is 1. The van der Waals surface area contributed by atoms with Crippen molar-refractivity contribution in [3.63, 3.8) is 0 Å². The van der Waals surface area contributed by atoms with Gasteiger partial charge in [-0.25, -0.2) is 0 Å². The summed E-state index contributed by atoms with van der Waals surface area (Å²) in [7, 11) is 1.96. The van der Waals surface area contributed by atoms with Gasteiger partial charge in [0.25, 0.3) is 0 Å². The van der Waals surface area contributed by atoms with Crippen molar-refractivity contribution in [1.29, 1.82) is 0 Å². The van der Waals surface area contributed by atoms with Crippen molar-refractivity contribution in [2.75, 3.05) is 26.8 Å². The molecule has 0 bridgehead atoms. The van der Waals surface area contributed by atoms with Gasteiger partial charge in [-0.3, -0.25) is 0 Å². The Hall–Kier alpha value is -0.570. The molecule has 0 fully saturated rings. The Labute approximate surface area is 103 Å². The molecule has 1 rings (SSSR count). The van der Waals surface area contributed by atoms with E-state index in [1.54, 1.807) is 0 Å². The molecule has 1 aromatic rings. The molecule has 1 aromatic carbocycles.